The third kappa shape index (κ3) is 6.68. The lowest BCUT2D eigenvalue weighted by Crippen LogP contribution is -2.17. The number of carbonyl (C=O) groups excluding carboxylic acids is 1. The highest BCUT2D eigenvalue weighted by Crippen LogP contribution is 2.27. The first-order chi connectivity index (χ1) is 9.46. The third-order valence-electron chi connectivity index (χ3n) is 2.04. The lowest BCUT2D eigenvalue weighted by atomic mass is 10.1. The van der Waals surface area contributed by atoms with Crippen molar-refractivity contribution in [2.24, 2.45) is 0 Å². The number of aliphatic hydroxyl groups is 1. The minimum absolute atomic E-state index is 0.106. The second kappa shape index (κ2) is 6.06. The van der Waals surface area contributed by atoms with Gasteiger partial charge in [0.1, 0.15) is 11.4 Å². The van der Waals surface area contributed by atoms with Crippen molar-refractivity contribution < 1.29 is 27.8 Å². The van der Waals surface area contributed by atoms with Gasteiger partial charge in [0, 0.05) is 6.92 Å². The van der Waals surface area contributed by atoms with E-state index in [2.05, 4.69) is 21.9 Å². The van der Waals surface area contributed by atoms with Crippen LogP contribution in [-0.4, -0.2) is 23.0 Å². The number of hydrogen-bond donors (Lipinski definition) is 2. The first kappa shape index (κ1) is 16.9. The zero-order chi connectivity index (χ0) is 16.3. The van der Waals surface area contributed by atoms with Gasteiger partial charge in [-0.05, 0) is 32.0 Å². The van der Waals surface area contributed by atoms with Gasteiger partial charge in [-0.2, -0.15) is 0 Å². The average molecular weight is 301 g/mol. The number of rotatable bonds is 2. The maximum Gasteiger partial charge on any atom is 0.573 e. The highest BCUT2D eigenvalue weighted by Gasteiger charge is 2.31. The molecule has 4 nitrogen and oxygen atoms in total. The number of halogens is 3. The van der Waals surface area contributed by atoms with E-state index in [1.54, 1.807) is 0 Å². The van der Waals surface area contributed by atoms with Gasteiger partial charge in [0.05, 0.1) is 11.3 Å². The standard InChI is InChI=1S/C14H14F3NO3/c1-9(19)18-12-5-4-11(21-14(15,16)17)8-10(12)6-7-13(2,3)20/h4-5,8,20H,1-3H3,(H,18,19). The molecule has 114 valence electrons. The Balaban J connectivity index is 3.21. The lowest BCUT2D eigenvalue weighted by Gasteiger charge is -2.12. The molecule has 1 rings (SSSR count). The molecular weight excluding hydrogens is 287 g/mol. The van der Waals surface area contributed by atoms with Crippen molar-refractivity contribution in [3.05, 3.63) is 23.8 Å². The summed E-state index contributed by atoms with van der Waals surface area (Å²) >= 11 is 0. The quantitative estimate of drug-likeness (QED) is 0.826. The lowest BCUT2D eigenvalue weighted by molar-refractivity contribution is -0.274. The smallest absolute Gasteiger partial charge is 0.406 e. The highest BCUT2D eigenvalue weighted by molar-refractivity contribution is 5.90. The normalized spacial score (nSPS) is 11.4. The van der Waals surface area contributed by atoms with Crippen LogP contribution in [0.2, 0.25) is 0 Å². The summed E-state index contributed by atoms with van der Waals surface area (Å²) in [6, 6.07) is 3.35. The maximum atomic E-state index is 12.2. The van der Waals surface area contributed by atoms with Crippen LogP contribution in [0, 0.1) is 11.8 Å². The van der Waals surface area contributed by atoms with Crippen LogP contribution in [-0.2, 0) is 4.79 Å². The minimum atomic E-state index is -4.82. The number of anilines is 1. The Bertz CT molecular complexity index is 592. The van der Waals surface area contributed by atoms with Crippen molar-refractivity contribution in [1.29, 1.82) is 0 Å². The van der Waals surface area contributed by atoms with Gasteiger partial charge in [-0.3, -0.25) is 4.79 Å². The van der Waals surface area contributed by atoms with Crippen LogP contribution in [0.3, 0.4) is 0 Å². The third-order valence-corrected chi connectivity index (χ3v) is 2.04. The number of alkyl halides is 3. The molecule has 0 heterocycles. The zero-order valence-corrected chi connectivity index (χ0v) is 11.6. The number of carbonyl (C=O) groups is 1. The molecule has 0 fully saturated rings. The largest absolute Gasteiger partial charge is 0.573 e. The molecule has 0 radical (unpaired) electrons. The van der Waals surface area contributed by atoms with Crippen molar-refractivity contribution in [3.8, 4) is 17.6 Å². The zero-order valence-electron chi connectivity index (χ0n) is 11.6. The van der Waals surface area contributed by atoms with Gasteiger partial charge in [-0.15, -0.1) is 13.2 Å². The van der Waals surface area contributed by atoms with Crippen LogP contribution in [0.5, 0.6) is 5.75 Å². The Morgan fingerprint density at radius 2 is 1.95 bits per heavy atom. The Morgan fingerprint density at radius 3 is 2.43 bits per heavy atom. The van der Waals surface area contributed by atoms with Crippen LogP contribution in [0.4, 0.5) is 18.9 Å². The summed E-state index contributed by atoms with van der Waals surface area (Å²) in [5.41, 5.74) is -0.989. The molecule has 0 unspecified atom stereocenters. The van der Waals surface area contributed by atoms with Crippen molar-refractivity contribution in [2.75, 3.05) is 5.32 Å². The fraction of sp³-hybridized carbons (Fsp3) is 0.357. The Labute approximate surface area is 119 Å². The van der Waals surface area contributed by atoms with Gasteiger partial charge in [-0.1, -0.05) is 11.8 Å². The van der Waals surface area contributed by atoms with Gasteiger partial charge in [0.25, 0.3) is 0 Å². The van der Waals surface area contributed by atoms with Gasteiger partial charge in [0.15, 0.2) is 0 Å². The molecule has 0 aliphatic heterocycles. The number of nitrogens with one attached hydrogen (secondary N) is 1. The number of hydrogen-bond acceptors (Lipinski definition) is 3. The number of amides is 1. The van der Waals surface area contributed by atoms with E-state index < -0.39 is 23.6 Å². The first-order valence-corrected chi connectivity index (χ1v) is 5.89. The van der Waals surface area contributed by atoms with E-state index in [0.717, 1.165) is 12.1 Å². The summed E-state index contributed by atoms with van der Waals surface area (Å²) in [6.07, 6.45) is -4.82. The molecule has 1 aromatic rings. The summed E-state index contributed by atoms with van der Waals surface area (Å²) in [5.74, 6) is 4.12. The molecule has 1 amide bonds. The monoisotopic (exact) mass is 301 g/mol. The molecule has 0 aliphatic rings. The van der Waals surface area contributed by atoms with Gasteiger partial charge < -0.3 is 15.2 Å². The second-order valence-corrected chi connectivity index (χ2v) is 4.75. The molecule has 2 N–H and O–H groups in total. The van der Waals surface area contributed by atoms with E-state index >= 15 is 0 Å². The number of ether oxygens (including phenoxy) is 1. The molecule has 0 saturated carbocycles. The van der Waals surface area contributed by atoms with Crippen molar-refractivity contribution in [1.82, 2.24) is 0 Å². The Hall–Kier alpha value is -2.20. The van der Waals surface area contributed by atoms with E-state index in [1.165, 1.54) is 26.8 Å². The van der Waals surface area contributed by atoms with E-state index in [9.17, 15) is 23.1 Å². The Morgan fingerprint density at radius 1 is 1.33 bits per heavy atom. The second-order valence-electron chi connectivity index (χ2n) is 4.75. The van der Waals surface area contributed by atoms with Crippen LogP contribution < -0.4 is 10.1 Å². The summed E-state index contributed by atoms with van der Waals surface area (Å²) in [6.45, 7) is 4.11. The highest BCUT2D eigenvalue weighted by atomic mass is 19.4. The molecule has 0 aliphatic carbocycles. The molecule has 1 aromatic carbocycles. The molecule has 0 aromatic heterocycles. The molecule has 21 heavy (non-hydrogen) atoms. The predicted molar refractivity (Wildman–Crippen MR) is 70.6 cm³/mol. The SMILES string of the molecule is CC(=O)Nc1ccc(OC(F)(F)F)cc1C#CC(C)(C)O. The summed E-state index contributed by atoms with van der Waals surface area (Å²) in [4.78, 5) is 11.1. The van der Waals surface area contributed by atoms with Crippen LogP contribution in [0.15, 0.2) is 18.2 Å². The first-order valence-electron chi connectivity index (χ1n) is 5.89. The number of benzene rings is 1. The van der Waals surface area contributed by atoms with Crippen molar-refractivity contribution >= 4 is 11.6 Å². The summed E-state index contributed by atoms with van der Waals surface area (Å²) < 4.78 is 40.4. The topological polar surface area (TPSA) is 58.6 Å². The van der Waals surface area contributed by atoms with Crippen LogP contribution >= 0.6 is 0 Å². The summed E-state index contributed by atoms with van der Waals surface area (Å²) in [5, 5.41) is 12.0. The van der Waals surface area contributed by atoms with Gasteiger partial charge in [0.2, 0.25) is 5.91 Å². The Kier molecular flexibility index (Phi) is 4.86. The molecular formula is C14H14F3NO3. The maximum absolute atomic E-state index is 12.2. The molecule has 0 spiro atoms. The predicted octanol–water partition coefficient (Wildman–Crippen LogP) is 2.67. The minimum Gasteiger partial charge on any atom is -0.406 e. The van der Waals surface area contributed by atoms with E-state index in [0.29, 0.717) is 0 Å². The average Bonchev–Trinajstić information content (AvgIpc) is 2.25. The fourth-order valence-electron chi connectivity index (χ4n) is 1.34. The molecule has 7 heteroatoms. The molecule has 0 saturated heterocycles. The molecule has 0 bridgehead atoms. The van der Waals surface area contributed by atoms with Crippen molar-refractivity contribution in [3.63, 3.8) is 0 Å². The van der Waals surface area contributed by atoms with Gasteiger partial charge in [-0.25, -0.2) is 0 Å². The van der Waals surface area contributed by atoms with Crippen molar-refractivity contribution in [2.45, 2.75) is 32.7 Å². The van der Waals surface area contributed by atoms with E-state index in [-0.39, 0.29) is 11.3 Å². The van der Waals surface area contributed by atoms with Gasteiger partial charge >= 0.3 is 6.36 Å². The summed E-state index contributed by atoms with van der Waals surface area (Å²) in [7, 11) is 0. The van der Waals surface area contributed by atoms with E-state index in [1.807, 2.05) is 0 Å². The van der Waals surface area contributed by atoms with Crippen LogP contribution in [0.1, 0.15) is 26.3 Å². The fourth-order valence-corrected chi connectivity index (χ4v) is 1.34. The molecule has 0 atom stereocenters. The van der Waals surface area contributed by atoms with E-state index in [4.69, 9.17) is 0 Å². The van der Waals surface area contributed by atoms with Crippen LogP contribution in [0.25, 0.3) is 0 Å².